The lowest BCUT2D eigenvalue weighted by Crippen LogP contribution is -2.24. The van der Waals surface area contributed by atoms with Crippen LogP contribution in [-0.2, 0) is 19.7 Å². The van der Waals surface area contributed by atoms with Crippen molar-refractivity contribution in [2.75, 3.05) is 19.8 Å². The van der Waals surface area contributed by atoms with Gasteiger partial charge in [-0.15, -0.1) is 0 Å². The zero-order chi connectivity index (χ0) is 25.8. The monoisotopic (exact) mass is 482 g/mol. The molecule has 0 saturated heterocycles. The summed E-state index contributed by atoms with van der Waals surface area (Å²) in [4.78, 5) is 22.3. The van der Waals surface area contributed by atoms with Gasteiger partial charge in [0, 0.05) is 17.9 Å². The van der Waals surface area contributed by atoms with Crippen LogP contribution in [0.3, 0.4) is 0 Å². The third-order valence-electron chi connectivity index (χ3n) is 5.57. The van der Waals surface area contributed by atoms with Crippen LogP contribution in [-0.4, -0.2) is 54.0 Å². The summed E-state index contributed by atoms with van der Waals surface area (Å²) in [7, 11) is 0. The first-order chi connectivity index (χ1) is 16.6. The van der Waals surface area contributed by atoms with Gasteiger partial charge in [-0.25, -0.2) is 4.79 Å². The number of rotatable bonds is 15. The first kappa shape index (κ1) is 27.8. The number of aliphatic hydroxyl groups excluding tert-OH is 2. The number of benzene rings is 2. The van der Waals surface area contributed by atoms with E-state index in [0.29, 0.717) is 17.9 Å². The normalized spacial score (nSPS) is 12.8. The lowest BCUT2D eigenvalue weighted by atomic mass is 9.78. The summed E-state index contributed by atoms with van der Waals surface area (Å²) in [6, 6.07) is 15.3. The van der Waals surface area contributed by atoms with Gasteiger partial charge in [-0.1, -0.05) is 51.3 Å². The van der Waals surface area contributed by atoms with Crippen LogP contribution in [0.25, 0.3) is 0 Å². The molecule has 0 aliphatic rings. The molecule has 188 valence electrons. The Kier molecular flexibility index (Phi) is 10.7. The first-order valence-electron chi connectivity index (χ1n) is 11.4. The van der Waals surface area contributed by atoms with Crippen LogP contribution in [0.15, 0.2) is 73.8 Å². The summed E-state index contributed by atoms with van der Waals surface area (Å²) in [5, 5.41) is 19.8. The van der Waals surface area contributed by atoms with E-state index in [1.165, 1.54) is 6.08 Å². The van der Waals surface area contributed by atoms with E-state index in [-0.39, 0.29) is 37.4 Å². The van der Waals surface area contributed by atoms with E-state index in [1.807, 2.05) is 48.5 Å². The van der Waals surface area contributed by atoms with Crippen molar-refractivity contribution in [2.24, 2.45) is 0 Å². The average Bonchev–Trinajstić information content (AvgIpc) is 2.88. The molecule has 0 saturated carbocycles. The highest BCUT2D eigenvalue weighted by molar-refractivity contribution is 5.88. The Balaban J connectivity index is 1.89. The first-order valence-corrected chi connectivity index (χ1v) is 11.4. The van der Waals surface area contributed by atoms with Crippen LogP contribution in [0.5, 0.6) is 11.5 Å². The largest absolute Gasteiger partial charge is 0.491 e. The lowest BCUT2D eigenvalue weighted by Gasteiger charge is -2.26. The number of allylic oxidation sites excluding steroid dienone is 1. The molecule has 7 nitrogen and oxygen atoms in total. The highest BCUT2D eigenvalue weighted by atomic mass is 16.5. The zero-order valence-electron chi connectivity index (χ0n) is 20.3. The van der Waals surface area contributed by atoms with E-state index in [0.717, 1.165) is 17.2 Å². The third-order valence-corrected chi connectivity index (χ3v) is 5.57. The molecule has 2 unspecified atom stereocenters. The minimum atomic E-state index is -0.938. The van der Waals surface area contributed by atoms with E-state index >= 15 is 0 Å². The number of aliphatic hydroxyl groups is 2. The Morgan fingerprint density at radius 3 is 1.77 bits per heavy atom. The van der Waals surface area contributed by atoms with Gasteiger partial charge in [0.15, 0.2) is 5.78 Å². The number of hydrogen-bond donors (Lipinski definition) is 2. The van der Waals surface area contributed by atoms with Crippen molar-refractivity contribution >= 4 is 11.8 Å². The molecule has 0 aliphatic carbocycles. The molecule has 0 heterocycles. The van der Waals surface area contributed by atoms with Crippen LogP contribution in [0, 0.1) is 0 Å². The quantitative estimate of drug-likeness (QED) is 0.294. The number of hydrogen-bond acceptors (Lipinski definition) is 7. The molecule has 2 aromatic rings. The minimum absolute atomic E-state index is 0.00607. The van der Waals surface area contributed by atoms with Crippen LogP contribution < -0.4 is 9.47 Å². The molecule has 0 amide bonds. The van der Waals surface area contributed by atoms with Crippen LogP contribution in [0.1, 0.15) is 37.8 Å². The molecule has 0 fully saturated rings. The summed E-state index contributed by atoms with van der Waals surface area (Å²) >= 11 is 0. The Bertz CT molecular complexity index is 898. The van der Waals surface area contributed by atoms with Crippen molar-refractivity contribution in [3.05, 3.63) is 85.0 Å². The molecular weight excluding hydrogens is 448 g/mol. The molecule has 2 aromatic carbocycles. The smallest absolute Gasteiger partial charge is 0.330 e. The molecule has 0 aromatic heterocycles. The van der Waals surface area contributed by atoms with Gasteiger partial charge in [-0.2, -0.15) is 0 Å². The summed E-state index contributed by atoms with van der Waals surface area (Å²) < 4.78 is 16.0. The Labute approximate surface area is 206 Å². The third kappa shape index (κ3) is 9.03. The second-order valence-electron chi connectivity index (χ2n) is 8.65. The molecule has 0 bridgehead atoms. The highest BCUT2D eigenvalue weighted by Gasteiger charge is 2.23. The topological polar surface area (TPSA) is 102 Å². The summed E-state index contributed by atoms with van der Waals surface area (Å²) in [6.07, 6.45) is 1.21. The number of carbonyl (C=O) groups excluding carboxylic acids is 2. The van der Waals surface area contributed by atoms with Gasteiger partial charge in [-0.05, 0) is 47.9 Å². The number of carbonyl (C=O) groups is 2. The van der Waals surface area contributed by atoms with Gasteiger partial charge >= 0.3 is 5.97 Å². The van der Waals surface area contributed by atoms with Gasteiger partial charge in [0.1, 0.15) is 37.4 Å². The predicted molar refractivity (Wildman–Crippen MR) is 134 cm³/mol. The number of ketones is 1. The van der Waals surface area contributed by atoms with Crippen molar-refractivity contribution < 1.29 is 34.0 Å². The van der Waals surface area contributed by atoms with Crippen LogP contribution in [0.2, 0.25) is 0 Å². The maximum Gasteiger partial charge on any atom is 0.330 e. The van der Waals surface area contributed by atoms with Gasteiger partial charge in [0.2, 0.25) is 0 Å². The zero-order valence-corrected chi connectivity index (χ0v) is 20.3. The molecule has 2 rings (SSSR count). The van der Waals surface area contributed by atoms with Crippen molar-refractivity contribution in [2.45, 2.75) is 44.3 Å². The van der Waals surface area contributed by atoms with Crippen molar-refractivity contribution in [3.8, 4) is 11.5 Å². The molecule has 2 atom stereocenters. The Hall–Kier alpha value is -3.42. The summed E-state index contributed by atoms with van der Waals surface area (Å²) in [5.74, 6) is 0.541. The molecule has 0 aliphatic heterocycles. The molecule has 2 N–H and O–H groups in total. The fourth-order valence-electron chi connectivity index (χ4n) is 3.27. The standard InChI is InChI=1S/C28H34O7/c1-5-22(29)11-12-23(30)17-33-25-13-7-20(8-14-25)28(3,4)21-9-15-26(16-10-21)34-18-24(31)19-35-27(32)6-2/h5-10,13-16,23-24,30-31H,1-2,11-12,17-19H2,3-4H3. The molecular formula is C28H34O7. The summed E-state index contributed by atoms with van der Waals surface area (Å²) in [6.45, 7) is 10.9. The fourth-order valence-corrected chi connectivity index (χ4v) is 3.27. The van der Waals surface area contributed by atoms with E-state index < -0.39 is 18.2 Å². The molecule has 0 spiro atoms. The molecule has 35 heavy (non-hydrogen) atoms. The van der Waals surface area contributed by atoms with E-state index in [1.54, 1.807) is 0 Å². The van der Waals surface area contributed by atoms with Crippen LogP contribution in [0.4, 0.5) is 0 Å². The fraction of sp³-hybridized carbons (Fsp3) is 0.357. The Morgan fingerprint density at radius 1 is 0.829 bits per heavy atom. The van der Waals surface area contributed by atoms with Gasteiger partial charge in [0.25, 0.3) is 0 Å². The lowest BCUT2D eigenvalue weighted by molar-refractivity contribution is -0.141. The summed E-state index contributed by atoms with van der Waals surface area (Å²) in [5.41, 5.74) is 1.86. The predicted octanol–water partition coefficient (Wildman–Crippen LogP) is 3.76. The van der Waals surface area contributed by atoms with Gasteiger partial charge in [-0.3, -0.25) is 4.79 Å². The van der Waals surface area contributed by atoms with Crippen molar-refractivity contribution in [1.82, 2.24) is 0 Å². The number of esters is 1. The van der Waals surface area contributed by atoms with Crippen molar-refractivity contribution in [3.63, 3.8) is 0 Å². The SMILES string of the molecule is C=CC(=O)CCC(O)COc1ccc(C(C)(C)c2ccc(OCC(O)COC(=O)C=C)cc2)cc1. The van der Waals surface area contributed by atoms with Gasteiger partial charge < -0.3 is 24.4 Å². The van der Waals surface area contributed by atoms with E-state index in [2.05, 4.69) is 27.0 Å². The van der Waals surface area contributed by atoms with Crippen molar-refractivity contribution in [1.29, 1.82) is 0 Å². The second kappa shape index (κ2) is 13.5. The van der Waals surface area contributed by atoms with E-state index in [4.69, 9.17) is 14.2 Å². The maximum absolute atomic E-state index is 11.3. The van der Waals surface area contributed by atoms with E-state index in [9.17, 15) is 19.8 Å². The molecule has 0 radical (unpaired) electrons. The Morgan fingerprint density at radius 2 is 1.31 bits per heavy atom. The minimum Gasteiger partial charge on any atom is -0.491 e. The van der Waals surface area contributed by atoms with Gasteiger partial charge in [0.05, 0.1) is 6.10 Å². The number of ether oxygens (including phenoxy) is 3. The second-order valence-corrected chi connectivity index (χ2v) is 8.65. The highest BCUT2D eigenvalue weighted by Crippen LogP contribution is 2.33. The maximum atomic E-state index is 11.3. The van der Waals surface area contributed by atoms with Crippen LogP contribution >= 0.6 is 0 Å². The molecule has 7 heteroatoms. The average molecular weight is 483 g/mol.